The maximum Gasteiger partial charge on any atom is 0.130 e. The van der Waals surface area contributed by atoms with Crippen molar-refractivity contribution in [3.05, 3.63) is 6.08 Å². The molecule has 10 heavy (non-hydrogen) atoms. The molecule has 0 aromatic carbocycles. The summed E-state index contributed by atoms with van der Waals surface area (Å²) in [6, 6.07) is 0. The Bertz CT molecular complexity index is 132. The van der Waals surface area contributed by atoms with Crippen LogP contribution >= 0.6 is 0 Å². The monoisotopic (exact) mass is 138 g/mol. The fourth-order valence-corrected chi connectivity index (χ4v) is 1.26. The Balaban J connectivity index is 2.19. The van der Waals surface area contributed by atoms with Crippen molar-refractivity contribution in [2.45, 2.75) is 19.3 Å². The molecule has 0 aliphatic carbocycles. The third-order valence-electron chi connectivity index (χ3n) is 1.82. The lowest BCUT2D eigenvalue weighted by atomic mass is 10.1. The Kier molecular flexibility index (Phi) is 3.20. The van der Waals surface area contributed by atoms with E-state index in [1.165, 1.54) is 19.3 Å². The summed E-state index contributed by atoms with van der Waals surface area (Å²) in [6.07, 6.45) is 6.40. The van der Waals surface area contributed by atoms with Gasteiger partial charge in [0.2, 0.25) is 0 Å². The average Bonchev–Trinajstić information content (AvgIpc) is 2.03. The number of hydrogen-bond acceptors (Lipinski definition) is 2. The molecule has 1 radical (unpaired) electrons. The number of likely N-dealkylation sites (tertiary alicyclic amines) is 1. The fourth-order valence-electron chi connectivity index (χ4n) is 1.26. The topological polar surface area (TPSA) is 20.3 Å². The highest BCUT2D eigenvalue weighted by Crippen LogP contribution is 2.07. The molecule has 1 aliphatic heterocycles. The highest BCUT2D eigenvalue weighted by atomic mass is 16.1. The molecular weight excluding hydrogens is 126 g/mol. The van der Waals surface area contributed by atoms with Gasteiger partial charge >= 0.3 is 0 Å². The van der Waals surface area contributed by atoms with Crippen molar-refractivity contribution in [2.75, 3.05) is 19.6 Å². The number of carbonyl (C=O) groups excluding carboxylic acids is 1. The number of nitrogens with zero attached hydrogens (tertiary/aromatic N) is 1. The van der Waals surface area contributed by atoms with Crippen LogP contribution in [0, 0.1) is 6.08 Å². The van der Waals surface area contributed by atoms with Crippen LogP contribution in [0.5, 0.6) is 0 Å². The molecule has 1 rings (SSSR count). The number of piperidine rings is 1. The Morgan fingerprint density at radius 2 is 1.90 bits per heavy atom. The first-order valence-electron chi connectivity index (χ1n) is 3.76. The van der Waals surface area contributed by atoms with Crippen molar-refractivity contribution in [1.82, 2.24) is 4.90 Å². The SMILES string of the molecule is O=C=[C]CN1CCCCC1. The van der Waals surface area contributed by atoms with Gasteiger partial charge in [-0.1, -0.05) is 6.42 Å². The molecule has 0 bridgehead atoms. The van der Waals surface area contributed by atoms with Gasteiger partial charge in [-0.25, -0.2) is 4.79 Å². The van der Waals surface area contributed by atoms with Gasteiger partial charge in [0.1, 0.15) is 5.94 Å². The van der Waals surface area contributed by atoms with Gasteiger partial charge in [-0.05, 0) is 25.9 Å². The second-order valence-electron chi connectivity index (χ2n) is 2.62. The highest BCUT2D eigenvalue weighted by molar-refractivity contribution is 5.40. The first-order valence-corrected chi connectivity index (χ1v) is 3.76. The molecular formula is C8H12NO. The Labute approximate surface area is 61.5 Å². The minimum Gasteiger partial charge on any atom is -0.298 e. The quantitative estimate of drug-likeness (QED) is 0.522. The molecule has 0 amide bonds. The van der Waals surface area contributed by atoms with E-state index in [1.807, 2.05) is 0 Å². The maximum absolute atomic E-state index is 9.78. The molecule has 0 aromatic rings. The van der Waals surface area contributed by atoms with Gasteiger partial charge in [-0.15, -0.1) is 0 Å². The molecule has 1 heterocycles. The van der Waals surface area contributed by atoms with Gasteiger partial charge in [0.25, 0.3) is 0 Å². The number of hydrogen-bond donors (Lipinski definition) is 0. The van der Waals surface area contributed by atoms with Gasteiger partial charge in [0.05, 0.1) is 6.08 Å². The zero-order valence-electron chi connectivity index (χ0n) is 6.10. The molecule has 1 saturated heterocycles. The van der Waals surface area contributed by atoms with Crippen molar-refractivity contribution >= 4 is 5.94 Å². The van der Waals surface area contributed by atoms with Crippen LogP contribution in [-0.4, -0.2) is 30.5 Å². The first kappa shape index (κ1) is 7.52. The van der Waals surface area contributed by atoms with Gasteiger partial charge in [-0.2, -0.15) is 0 Å². The first-order chi connectivity index (χ1) is 4.93. The van der Waals surface area contributed by atoms with Crippen LogP contribution in [0.4, 0.5) is 0 Å². The van der Waals surface area contributed by atoms with Crippen molar-refractivity contribution in [3.8, 4) is 0 Å². The van der Waals surface area contributed by atoms with Crippen molar-refractivity contribution in [2.24, 2.45) is 0 Å². The molecule has 2 nitrogen and oxygen atoms in total. The molecule has 1 fully saturated rings. The van der Waals surface area contributed by atoms with Crippen LogP contribution in [-0.2, 0) is 4.79 Å². The van der Waals surface area contributed by atoms with E-state index in [2.05, 4.69) is 11.0 Å². The summed E-state index contributed by atoms with van der Waals surface area (Å²) < 4.78 is 0. The molecule has 55 valence electrons. The van der Waals surface area contributed by atoms with Crippen LogP contribution in [0.3, 0.4) is 0 Å². The molecule has 0 unspecified atom stereocenters. The van der Waals surface area contributed by atoms with E-state index in [9.17, 15) is 4.79 Å². The van der Waals surface area contributed by atoms with Crippen LogP contribution < -0.4 is 0 Å². The molecule has 0 N–H and O–H groups in total. The number of rotatable bonds is 2. The molecule has 0 saturated carbocycles. The Morgan fingerprint density at radius 3 is 2.50 bits per heavy atom. The van der Waals surface area contributed by atoms with Crippen LogP contribution in [0.15, 0.2) is 0 Å². The van der Waals surface area contributed by atoms with Crippen LogP contribution in [0.25, 0.3) is 0 Å². The Morgan fingerprint density at radius 1 is 1.20 bits per heavy atom. The second kappa shape index (κ2) is 4.26. The predicted octanol–water partition coefficient (Wildman–Crippen LogP) is 0.663. The van der Waals surface area contributed by atoms with Gasteiger partial charge in [-0.3, -0.25) is 4.90 Å². The summed E-state index contributed by atoms with van der Waals surface area (Å²) in [5.74, 6) is 1.67. The van der Waals surface area contributed by atoms with Crippen LogP contribution in [0.1, 0.15) is 19.3 Å². The largest absolute Gasteiger partial charge is 0.298 e. The van der Waals surface area contributed by atoms with Crippen molar-refractivity contribution < 1.29 is 4.79 Å². The molecule has 0 atom stereocenters. The van der Waals surface area contributed by atoms with Crippen molar-refractivity contribution in [1.29, 1.82) is 0 Å². The highest BCUT2D eigenvalue weighted by Gasteiger charge is 2.07. The van der Waals surface area contributed by atoms with E-state index >= 15 is 0 Å². The van der Waals surface area contributed by atoms with E-state index in [-0.39, 0.29) is 0 Å². The minimum absolute atomic E-state index is 0.670. The van der Waals surface area contributed by atoms with E-state index in [4.69, 9.17) is 0 Å². The summed E-state index contributed by atoms with van der Waals surface area (Å²) in [5, 5.41) is 0. The fraction of sp³-hybridized carbons (Fsp3) is 0.750. The average molecular weight is 138 g/mol. The maximum atomic E-state index is 9.78. The summed E-state index contributed by atoms with van der Waals surface area (Å²) in [7, 11) is 0. The van der Waals surface area contributed by atoms with Crippen molar-refractivity contribution in [3.63, 3.8) is 0 Å². The predicted molar refractivity (Wildman–Crippen MR) is 39.2 cm³/mol. The van der Waals surface area contributed by atoms with Gasteiger partial charge < -0.3 is 0 Å². The molecule has 1 aliphatic rings. The van der Waals surface area contributed by atoms with Crippen LogP contribution in [0.2, 0.25) is 0 Å². The summed E-state index contributed by atoms with van der Waals surface area (Å²) >= 11 is 0. The van der Waals surface area contributed by atoms with E-state index in [0.717, 1.165) is 13.1 Å². The summed E-state index contributed by atoms with van der Waals surface area (Å²) in [5.41, 5.74) is 0. The summed E-state index contributed by atoms with van der Waals surface area (Å²) in [4.78, 5) is 12.0. The van der Waals surface area contributed by atoms with E-state index in [0.29, 0.717) is 6.54 Å². The van der Waals surface area contributed by atoms with E-state index < -0.39 is 0 Å². The zero-order valence-corrected chi connectivity index (χ0v) is 6.10. The lowest BCUT2D eigenvalue weighted by Gasteiger charge is -2.23. The lowest BCUT2D eigenvalue weighted by molar-refractivity contribution is 0.249. The van der Waals surface area contributed by atoms with Gasteiger partial charge in [0, 0.05) is 6.54 Å². The van der Waals surface area contributed by atoms with Gasteiger partial charge in [0.15, 0.2) is 0 Å². The molecule has 2 heteroatoms. The second-order valence-corrected chi connectivity index (χ2v) is 2.62. The third-order valence-corrected chi connectivity index (χ3v) is 1.82. The Hall–Kier alpha value is -0.590. The minimum atomic E-state index is 0.670. The standard InChI is InChI=1S/C8H12NO/c10-8-4-7-9-5-2-1-3-6-9/h1-3,5-7H2. The summed E-state index contributed by atoms with van der Waals surface area (Å²) in [6.45, 7) is 2.91. The molecule has 0 aromatic heterocycles. The van der Waals surface area contributed by atoms with E-state index in [1.54, 1.807) is 5.94 Å². The third kappa shape index (κ3) is 2.34. The molecule has 0 spiro atoms. The normalized spacial score (nSPS) is 20.0. The smallest absolute Gasteiger partial charge is 0.130 e. The lowest BCUT2D eigenvalue weighted by Crippen LogP contribution is -2.29. The zero-order chi connectivity index (χ0) is 7.23.